The molecule has 0 N–H and O–H groups in total. The Labute approximate surface area is 290 Å². The highest BCUT2D eigenvalue weighted by Crippen LogP contribution is 2.56. The zero-order valence-corrected chi connectivity index (χ0v) is 29.7. The van der Waals surface area contributed by atoms with Crippen LogP contribution in [0, 0.1) is 11.8 Å². The Morgan fingerprint density at radius 2 is 1.81 bits per heavy atom. The lowest BCUT2D eigenvalue weighted by atomic mass is 9.79. The van der Waals surface area contributed by atoms with Gasteiger partial charge in [-0.15, -0.1) is 11.8 Å². The van der Waals surface area contributed by atoms with Gasteiger partial charge in [-0.2, -0.15) is 8.78 Å². The van der Waals surface area contributed by atoms with Crippen LogP contribution in [0.3, 0.4) is 0 Å². The van der Waals surface area contributed by atoms with Crippen LogP contribution >= 0.6 is 23.4 Å². The first-order valence-electron chi connectivity index (χ1n) is 16.5. The van der Waals surface area contributed by atoms with Gasteiger partial charge < -0.3 is 14.2 Å². The van der Waals surface area contributed by atoms with Crippen LogP contribution in [0.1, 0.15) is 98.1 Å². The lowest BCUT2D eigenvalue weighted by molar-refractivity contribution is -0.149. The number of hydrogen-bond donors (Lipinski definition) is 0. The van der Waals surface area contributed by atoms with E-state index in [4.69, 9.17) is 25.8 Å². The lowest BCUT2D eigenvalue weighted by Gasteiger charge is -2.27. The average Bonchev–Trinajstić information content (AvgIpc) is 3.41. The molecule has 0 spiro atoms. The second-order valence-corrected chi connectivity index (χ2v) is 14.1. The number of thioether (sulfide) groups is 1. The zero-order valence-electron chi connectivity index (χ0n) is 28.1. The van der Waals surface area contributed by atoms with Gasteiger partial charge in [0.15, 0.2) is 23.1 Å². The topological polar surface area (TPSA) is 79.7 Å². The second-order valence-electron chi connectivity index (χ2n) is 12.5. The van der Waals surface area contributed by atoms with Crippen molar-refractivity contribution in [3.63, 3.8) is 0 Å². The summed E-state index contributed by atoms with van der Waals surface area (Å²) in [6.45, 7) is 9.21. The molecule has 1 aliphatic heterocycles. The molecule has 0 amide bonds. The molecule has 7 nitrogen and oxygen atoms in total. The van der Waals surface area contributed by atoms with Gasteiger partial charge in [0.1, 0.15) is 0 Å². The number of benzene rings is 2. The van der Waals surface area contributed by atoms with E-state index in [1.165, 1.54) is 16.3 Å². The maximum Gasteiger partial charge on any atom is 0.308 e. The number of ketones is 1. The summed E-state index contributed by atoms with van der Waals surface area (Å²) in [4.78, 5) is 30.7. The maximum atomic E-state index is 15.4. The van der Waals surface area contributed by atoms with Crippen LogP contribution in [0.4, 0.5) is 8.78 Å². The average molecular weight is 701 g/mol. The van der Waals surface area contributed by atoms with E-state index < -0.39 is 22.2 Å². The Kier molecular flexibility index (Phi) is 11.2. The third kappa shape index (κ3) is 7.15. The maximum absolute atomic E-state index is 15.4. The largest absolute Gasteiger partial charge is 0.493 e. The van der Waals surface area contributed by atoms with E-state index in [1.807, 2.05) is 26.0 Å². The highest BCUT2D eigenvalue weighted by molar-refractivity contribution is 8.00. The summed E-state index contributed by atoms with van der Waals surface area (Å²) in [6, 6.07) is 10.7. The number of methoxy groups -OCH3 is 2. The minimum atomic E-state index is -3.28. The molecular formula is C37H43ClF2N2O5S. The third-order valence-corrected chi connectivity index (χ3v) is 11.2. The van der Waals surface area contributed by atoms with E-state index in [-0.39, 0.29) is 24.1 Å². The Bertz CT molecular complexity index is 1680. The third-order valence-electron chi connectivity index (χ3n) is 9.39. The summed E-state index contributed by atoms with van der Waals surface area (Å²) in [5, 5.41) is -0.767. The van der Waals surface area contributed by atoms with Crippen molar-refractivity contribution in [2.24, 2.45) is 11.8 Å². The fraction of sp³-hybridized carbons (Fsp3) is 0.486. The SMILES string of the molecule is C=C(C(=O)CCC1CCC(C(=O)OCC)CC1)[C@H]1S[C@H](c2cccc(OC)c2OC)c2cc(Cl)ccc2-n2c(C(C)(F)F)nc(CC)c21. The molecule has 2 atom stereocenters. The number of hydrogen-bond acceptors (Lipinski definition) is 7. The Morgan fingerprint density at radius 3 is 2.44 bits per heavy atom. The molecule has 1 fully saturated rings. The van der Waals surface area contributed by atoms with Crippen molar-refractivity contribution in [2.45, 2.75) is 82.1 Å². The molecule has 2 aliphatic rings. The number of alkyl halides is 2. The number of rotatable bonds is 12. The molecule has 1 aromatic heterocycles. The molecule has 5 rings (SSSR count). The molecule has 1 aliphatic carbocycles. The second kappa shape index (κ2) is 15.0. The van der Waals surface area contributed by atoms with Gasteiger partial charge in [0.05, 0.1) is 54.3 Å². The fourth-order valence-corrected chi connectivity index (χ4v) is 8.74. The van der Waals surface area contributed by atoms with Crippen molar-refractivity contribution in [1.82, 2.24) is 9.55 Å². The van der Waals surface area contributed by atoms with Crippen LogP contribution in [0.5, 0.6) is 11.5 Å². The standard InChI is InChI=1S/C37H43ClF2N2O5S/c1-7-27-31-33(21(3)29(43)19-14-22-12-15-23(16-13-22)35(44)47-8-2)48-34(25-10-9-11-30(45-5)32(25)46-6)26-20-24(38)17-18-28(26)42(31)36(41-27)37(4,39)40/h9-11,17-18,20,22-23,33-34H,3,7-8,12-16,19H2,1-2,4-6H3/t22?,23?,33-,34-/m1/s1. The van der Waals surface area contributed by atoms with Crippen LogP contribution < -0.4 is 9.47 Å². The van der Waals surface area contributed by atoms with E-state index in [1.54, 1.807) is 38.5 Å². The van der Waals surface area contributed by atoms with Gasteiger partial charge in [0.25, 0.3) is 0 Å². The van der Waals surface area contributed by atoms with E-state index >= 15 is 8.78 Å². The van der Waals surface area contributed by atoms with Gasteiger partial charge in [-0.25, -0.2) is 4.98 Å². The minimum Gasteiger partial charge on any atom is -0.493 e. The highest BCUT2D eigenvalue weighted by atomic mass is 35.5. The van der Waals surface area contributed by atoms with Crippen molar-refractivity contribution >= 4 is 35.1 Å². The van der Waals surface area contributed by atoms with Crippen molar-refractivity contribution < 1.29 is 32.6 Å². The Morgan fingerprint density at radius 1 is 1.08 bits per heavy atom. The van der Waals surface area contributed by atoms with Gasteiger partial charge >= 0.3 is 11.9 Å². The van der Waals surface area contributed by atoms with Crippen molar-refractivity contribution in [3.05, 3.63) is 81.9 Å². The van der Waals surface area contributed by atoms with Gasteiger partial charge in [-0.05, 0) is 81.2 Å². The number of carbonyl (C=O) groups is 2. The first-order valence-corrected chi connectivity index (χ1v) is 17.8. The smallest absolute Gasteiger partial charge is 0.308 e. The molecule has 0 radical (unpaired) electrons. The number of imidazole rings is 1. The van der Waals surface area contributed by atoms with Crippen LogP contribution in [-0.2, 0) is 26.7 Å². The lowest BCUT2D eigenvalue weighted by Crippen LogP contribution is -2.24. The number of halogens is 3. The summed E-state index contributed by atoms with van der Waals surface area (Å²) in [5.74, 6) is -2.72. The summed E-state index contributed by atoms with van der Waals surface area (Å²) in [7, 11) is 3.11. The summed E-state index contributed by atoms with van der Waals surface area (Å²) >= 11 is 8.01. The number of carbonyl (C=O) groups excluding carboxylic acids is 2. The number of Topliss-reactive ketones (excluding diaryl/α,β-unsaturated/α-hetero) is 1. The molecule has 0 saturated heterocycles. The molecule has 48 heavy (non-hydrogen) atoms. The Balaban J connectivity index is 1.56. The van der Waals surface area contributed by atoms with E-state index in [0.29, 0.717) is 70.1 Å². The molecule has 258 valence electrons. The molecule has 1 saturated carbocycles. The number of aryl methyl sites for hydroxylation is 1. The van der Waals surface area contributed by atoms with Gasteiger partial charge in [0, 0.05) is 29.5 Å². The quantitative estimate of drug-likeness (QED) is 0.138. The molecular weight excluding hydrogens is 658 g/mol. The minimum absolute atomic E-state index is 0.0893. The molecule has 0 unspecified atom stereocenters. The summed E-state index contributed by atoms with van der Waals surface area (Å²) < 4.78 is 49.0. The number of para-hydroxylation sites is 1. The van der Waals surface area contributed by atoms with E-state index in [9.17, 15) is 9.59 Å². The molecule has 3 aromatic rings. The number of aromatic nitrogens is 2. The van der Waals surface area contributed by atoms with Gasteiger partial charge in [0.2, 0.25) is 0 Å². The van der Waals surface area contributed by atoms with Crippen molar-refractivity contribution in [2.75, 3.05) is 20.8 Å². The summed E-state index contributed by atoms with van der Waals surface area (Å²) in [6.07, 6.45) is 4.48. The summed E-state index contributed by atoms with van der Waals surface area (Å²) in [5.41, 5.74) is 3.24. The number of ether oxygens (including phenoxy) is 3. The number of esters is 1. The predicted octanol–water partition coefficient (Wildman–Crippen LogP) is 9.37. The van der Waals surface area contributed by atoms with Crippen LogP contribution in [0.15, 0.2) is 48.6 Å². The monoisotopic (exact) mass is 700 g/mol. The number of fused-ring (bicyclic) bond motifs is 3. The van der Waals surface area contributed by atoms with Crippen LogP contribution in [0.25, 0.3) is 5.69 Å². The molecule has 11 heteroatoms. The van der Waals surface area contributed by atoms with Crippen molar-refractivity contribution in [1.29, 1.82) is 0 Å². The van der Waals surface area contributed by atoms with Crippen LogP contribution in [-0.4, -0.2) is 42.1 Å². The van der Waals surface area contributed by atoms with Gasteiger partial charge in [-0.1, -0.05) is 37.2 Å². The molecule has 0 bridgehead atoms. The van der Waals surface area contributed by atoms with E-state index in [0.717, 1.165) is 38.2 Å². The highest BCUT2D eigenvalue weighted by Gasteiger charge is 2.42. The van der Waals surface area contributed by atoms with Crippen molar-refractivity contribution in [3.8, 4) is 17.2 Å². The normalized spacial score (nSPS) is 20.7. The van der Waals surface area contributed by atoms with Gasteiger partial charge in [-0.3, -0.25) is 14.2 Å². The zero-order chi connectivity index (χ0) is 34.7. The first kappa shape index (κ1) is 35.9. The predicted molar refractivity (Wildman–Crippen MR) is 185 cm³/mol. The Hall–Kier alpha value is -3.37. The molecule has 2 heterocycles. The first-order chi connectivity index (χ1) is 22.9. The number of nitrogens with zero attached hydrogens (tertiary/aromatic N) is 2. The fourth-order valence-electron chi connectivity index (χ4n) is 6.95. The van der Waals surface area contributed by atoms with E-state index in [2.05, 4.69) is 11.6 Å². The van der Waals surface area contributed by atoms with Crippen LogP contribution in [0.2, 0.25) is 5.02 Å². The molecule has 2 aromatic carbocycles.